The van der Waals surface area contributed by atoms with Gasteiger partial charge in [0.25, 0.3) is 0 Å². The van der Waals surface area contributed by atoms with E-state index in [1.807, 2.05) is 0 Å². The van der Waals surface area contributed by atoms with Gasteiger partial charge in [0, 0.05) is 0 Å². The lowest BCUT2D eigenvalue weighted by Gasteiger charge is -2.11. The van der Waals surface area contributed by atoms with E-state index in [0.29, 0.717) is 29.9 Å². The molecule has 2 aromatic rings. The Bertz CT molecular complexity index is 659. The molecule has 0 bridgehead atoms. The van der Waals surface area contributed by atoms with Crippen LogP contribution in [0, 0.1) is 17.6 Å². The number of pyridine rings is 1. The van der Waals surface area contributed by atoms with Crippen LogP contribution in [0.1, 0.15) is 12.8 Å². The Kier molecular flexibility index (Phi) is 3.60. The third-order valence-corrected chi connectivity index (χ3v) is 3.26. The first-order valence-corrected chi connectivity index (χ1v) is 6.74. The molecule has 3 rings (SSSR count). The van der Waals surface area contributed by atoms with Crippen molar-refractivity contribution in [3.8, 4) is 5.88 Å². The number of benzene rings is 1. The van der Waals surface area contributed by atoms with Gasteiger partial charge in [-0.3, -0.25) is 0 Å². The fourth-order valence-corrected chi connectivity index (χ4v) is 1.86. The predicted octanol–water partition coefficient (Wildman–Crippen LogP) is 3.47. The van der Waals surface area contributed by atoms with Crippen molar-refractivity contribution in [2.45, 2.75) is 12.8 Å². The number of halogens is 2. The lowest BCUT2D eigenvalue weighted by molar-refractivity contribution is 0.290. The largest absolute Gasteiger partial charge is 0.476 e. The molecule has 110 valence electrons. The molecular weight excluding hydrogens is 276 g/mol. The summed E-state index contributed by atoms with van der Waals surface area (Å²) in [6.07, 6.45) is 2.32. The average molecular weight is 291 g/mol. The number of ether oxygens (including phenoxy) is 1. The smallest absolute Gasteiger partial charge is 0.239 e. The molecule has 0 unspecified atom stereocenters. The number of nitrogens with two attached hydrogens (primary N) is 1. The number of anilines is 3. The molecule has 1 heterocycles. The highest BCUT2D eigenvalue weighted by atomic mass is 19.2. The molecule has 4 nitrogen and oxygen atoms in total. The third kappa shape index (κ3) is 3.21. The molecule has 1 aliphatic carbocycles. The number of nitrogens with zero attached hydrogens (tertiary/aromatic N) is 1. The summed E-state index contributed by atoms with van der Waals surface area (Å²) in [4.78, 5) is 4.19. The maximum absolute atomic E-state index is 13.6. The van der Waals surface area contributed by atoms with Gasteiger partial charge in [-0.25, -0.2) is 8.78 Å². The molecule has 0 aliphatic heterocycles. The van der Waals surface area contributed by atoms with Crippen LogP contribution in [0.2, 0.25) is 0 Å². The second-order valence-corrected chi connectivity index (χ2v) is 5.07. The molecule has 0 saturated heterocycles. The zero-order valence-corrected chi connectivity index (χ0v) is 11.3. The quantitative estimate of drug-likeness (QED) is 0.885. The van der Waals surface area contributed by atoms with Crippen LogP contribution in [0.15, 0.2) is 30.3 Å². The van der Waals surface area contributed by atoms with Crippen molar-refractivity contribution >= 4 is 17.2 Å². The van der Waals surface area contributed by atoms with Gasteiger partial charge in [0.1, 0.15) is 5.82 Å². The fourth-order valence-electron chi connectivity index (χ4n) is 1.86. The van der Waals surface area contributed by atoms with Crippen LogP contribution in [0.3, 0.4) is 0 Å². The average Bonchev–Trinajstić information content (AvgIpc) is 3.28. The van der Waals surface area contributed by atoms with Gasteiger partial charge in [-0.15, -0.1) is 0 Å². The van der Waals surface area contributed by atoms with Crippen LogP contribution < -0.4 is 15.8 Å². The molecule has 0 radical (unpaired) electrons. The Morgan fingerprint density at radius 3 is 2.81 bits per heavy atom. The van der Waals surface area contributed by atoms with Crippen molar-refractivity contribution in [1.82, 2.24) is 4.98 Å². The number of nitrogen functional groups attached to an aromatic ring is 1. The molecule has 3 N–H and O–H groups in total. The molecule has 1 saturated carbocycles. The minimum Gasteiger partial charge on any atom is -0.476 e. The Labute approximate surface area is 120 Å². The predicted molar refractivity (Wildman–Crippen MR) is 76.5 cm³/mol. The van der Waals surface area contributed by atoms with E-state index in [1.54, 1.807) is 12.1 Å². The van der Waals surface area contributed by atoms with E-state index in [-0.39, 0.29) is 5.69 Å². The van der Waals surface area contributed by atoms with Crippen molar-refractivity contribution in [3.63, 3.8) is 0 Å². The molecule has 0 atom stereocenters. The molecule has 1 aromatic heterocycles. The van der Waals surface area contributed by atoms with E-state index in [1.165, 1.54) is 12.1 Å². The topological polar surface area (TPSA) is 60.2 Å². The SMILES string of the molecule is Nc1ccc(Nc2cccc(F)c2F)nc1OCC1CC1. The van der Waals surface area contributed by atoms with Crippen LogP contribution in [-0.2, 0) is 0 Å². The highest BCUT2D eigenvalue weighted by molar-refractivity contribution is 5.61. The molecule has 21 heavy (non-hydrogen) atoms. The van der Waals surface area contributed by atoms with Gasteiger partial charge in [0.05, 0.1) is 18.0 Å². The molecule has 0 spiro atoms. The standard InChI is InChI=1S/C15H15F2N3O/c16-10-2-1-3-12(14(10)17)19-13-7-6-11(18)15(20-13)21-8-9-4-5-9/h1-3,6-7,9H,4-5,8,18H2,(H,19,20). The van der Waals surface area contributed by atoms with Crippen LogP contribution in [0.4, 0.5) is 26.0 Å². The summed E-state index contributed by atoms with van der Waals surface area (Å²) in [5.74, 6) is -0.635. The summed E-state index contributed by atoms with van der Waals surface area (Å²) >= 11 is 0. The normalized spacial score (nSPS) is 14.0. The van der Waals surface area contributed by atoms with Gasteiger partial charge in [-0.2, -0.15) is 4.98 Å². The third-order valence-electron chi connectivity index (χ3n) is 3.26. The van der Waals surface area contributed by atoms with E-state index >= 15 is 0 Å². The van der Waals surface area contributed by atoms with Crippen LogP contribution in [-0.4, -0.2) is 11.6 Å². The second kappa shape index (κ2) is 5.55. The van der Waals surface area contributed by atoms with Gasteiger partial charge in [0.15, 0.2) is 11.6 Å². The van der Waals surface area contributed by atoms with Crippen LogP contribution in [0.5, 0.6) is 5.88 Å². The summed E-state index contributed by atoms with van der Waals surface area (Å²) in [6.45, 7) is 0.578. The number of nitrogens with one attached hydrogen (secondary N) is 1. The zero-order valence-electron chi connectivity index (χ0n) is 11.3. The van der Waals surface area contributed by atoms with Gasteiger partial charge in [-0.1, -0.05) is 6.07 Å². The monoisotopic (exact) mass is 291 g/mol. The zero-order chi connectivity index (χ0) is 14.8. The molecule has 6 heteroatoms. The van der Waals surface area contributed by atoms with Crippen molar-refractivity contribution in [2.75, 3.05) is 17.7 Å². The lowest BCUT2D eigenvalue weighted by Crippen LogP contribution is -2.05. The fraction of sp³-hybridized carbons (Fsp3) is 0.267. The van der Waals surface area contributed by atoms with Gasteiger partial charge < -0.3 is 15.8 Å². The number of hydrogen-bond donors (Lipinski definition) is 2. The van der Waals surface area contributed by atoms with Gasteiger partial charge in [0.2, 0.25) is 5.88 Å². The van der Waals surface area contributed by atoms with Gasteiger partial charge in [-0.05, 0) is 43.0 Å². The van der Waals surface area contributed by atoms with Crippen LogP contribution >= 0.6 is 0 Å². The number of hydrogen-bond acceptors (Lipinski definition) is 4. The van der Waals surface area contributed by atoms with E-state index in [9.17, 15) is 8.78 Å². The first-order valence-electron chi connectivity index (χ1n) is 6.74. The summed E-state index contributed by atoms with van der Waals surface area (Å²) in [7, 11) is 0. The van der Waals surface area contributed by atoms with E-state index in [0.717, 1.165) is 18.9 Å². The van der Waals surface area contributed by atoms with E-state index in [4.69, 9.17) is 10.5 Å². The molecule has 1 aliphatic rings. The minimum atomic E-state index is -0.948. The summed E-state index contributed by atoms with van der Waals surface area (Å²) in [5.41, 5.74) is 6.23. The maximum atomic E-state index is 13.6. The summed E-state index contributed by atoms with van der Waals surface area (Å²) in [6, 6.07) is 7.11. The summed E-state index contributed by atoms with van der Waals surface area (Å²) < 4.78 is 32.3. The first-order chi connectivity index (χ1) is 10.1. The Morgan fingerprint density at radius 2 is 2.05 bits per heavy atom. The van der Waals surface area contributed by atoms with Crippen molar-refractivity contribution in [1.29, 1.82) is 0 Å². The first kappa shape index (κ1) is 13.6. The second-order valence-electron chi connectivity index (χ2n) is 5.07. The minimum absolute atomic E-state index is 0.0143. The van der Waals surface area contributed by atoms with Crippen molar-refractivity contribution < 1.29 is 13.5 Å². The molecule has 1 fully saturated rings. The molecular formula is C15H15F2N3O. The highest BCUT2D eigenvalue weighted by Crippen LogP contribution is 2.31. The van der Waals surface area contributed by atoms with E-state index in [2.05, 4.69) is 10.3 Å². The molecule has 1 aromatic carbocycles. The van der Waals surface area contributed by atoms with Crippen molar-refractivity contribution in [3.05, 3.63) is 42.0 Å². The lowest BCUT2D eigenvalue weighted by atomic mass is 10.3. The number of aromatic nitrogens is 1. The molecule has 0 amide bonds. The van der Waals surface area contributed by atoms with Gasteiger partial charge >= 0.3 is 0 Å². The van der Waals surface area contributed by atoms with Crippen LogP contribution in [0.25, 0.3) is 0 Å². The Hall–Kier alpha value is -2.37. The Balaban J connectivity index is 1.78. The number of rotatable bonds is 5. The van der Waals surface area contributed by atoms with E-state index < -0.39 is 11.6 Å². The highest BCUT2D eigenvalue weighted by Gasteiger charge is 2.22. The maximum Gasteiger partial charge on any atom is 0.239 e. The Morgan fingerprint density at radius 1 is 1.24 bits per heavy atom. The van der Waals surface area contributed by atoms with Crippen molar-refractivity contribution in [2.24, 2.45) is 5.92 Å². The summed E-state index contributed by atoms with van der Waals surface area (Å²) in [5, 5.41) is 2.72.